The predicted octanol–water partition coefficient (Wildman–Crippen LogP) is 3.63. The first kappa shape index (κ1) is 13.1. The van der Waals surface area contributed by atoms with Crippen LogP contribution >= 0.6 is 0 Å². The van der Waals surface area contributed by atoms with E-state index in [1.165, 1.54) is 38.5 Å². The van der Waals surface area contributed by atoms with Crippen LogP contribution in [0.5, 0.6) is 0 Å². The lowest BCUT2D eigenvalue weighted by Crippen LogP contribution is -2.54. The summed E-state index contributed by atoms with van der Waals surface area (Å²) in [5.74, 6) is 2.17. The Kier molecular flexibility index (Phi) is 2.74. The van der Waals surface area contributed by atoms with Crippen LogP contribution in [-0.2, 0) is 4.79 Å². The molecule has 20 heavy (non-hydrogen) atoms. The molecule has 0 spiro atoms. The zero-order valence-corrected chi connectivity index (χ0v) is 12.5. The summed E-state index contributed by atoms with van der Waals surface area (Å²) < 4.78 is 0. The third kappa shape index (κ3) is 1.63. The van der Waals surface area contributed by atoms with Crippen molar-refractivity contribution in [1.29, 1.82) is 0 Å². The fourth-order valence-electron chi connectivity index (χ4n) is 6.18. The Labute approximate surface area is 121 Å². The first-order valence-electron chi connectivity index (χ1n) is 8.49. The molecule has 1 N–H and O–H groups in total. The largest absolute Gasteiger partial charge is 0.385 e. The molecule has 0 aromatic rings. The van der Waals surface area contributed by atoms with Gasteiger partial charge in [0, 0.05) is 6.42 Å². The molecule has 5 atom stereocenters. The number of aliphatic hydroxyl groups is 1. The molecule has 0 radical (unpaired) electrons. The van der Waals surface area contributed by atoms with Gasteiger partial charge < -0.3 is 5.11 Å². The second kappa shape index (κ2) is 4.19. The van der Waals surface area contributed by atoms with Crippen molar-refractivity contribution in [1.82, 2.24) is 0 Å². The monoisotopic (exact) mass is 274 g/mol. The normalized spacial score (nSPS) is 51.0. The molecule has 0 saturated heterocycles. The summed E-state index contributed by atoms with van der Waals surface area (Å²) in [5.41, 5.74) is 0.973. The Morgan fingerprint density at radius 3 is 2.80 bits per heavy atom. The van der Waals surface area contributed by atoms with Crippen LogP contribution in [0.3, 0.4) is 0 Å². The molecule has 3 saturated carbocycles. The first-order chi connectivity index (χ1) is 9.53. The van der Waals surface area contributed by atoms with E-state index in [0.717, 1.165) is 17.9 Å². The summed E-state index contributed by atoms with van der Waals surface area (Å²) in [6.07, 6.45) is 11.7. The van der Waals surface area contributed by atoms with E-state index in [-0.39, 0.29) is 5.78 Å². The summed E-state index contributed by atoms with van der Waals surface area (Å²) in [6, 6.07) is 0. The SMILES string of the molecule is C[C@@]12CCC[C@H]1[C@@H]1CCC3=CC(=O)CCC3(O)[C@H]1CC2. The quantitative estimate of drug-likeness (QED) is 0.732. The minimum Gasteiger partial charge on any atom is -0.385 e. The standard InChI is InChI=1S/C18H26O2/c1-17-8-2-3-15(17)14-5-4-12-11-13(19)6-10-18(12,20)16(14)7-9-17/h11,14-16,20H,2-10H2,1H3/t14-,15-,16-,17-,18?/m0/s1. The van der Waals surface area contributed by atoms with Crippen LogP contribution < -0.4 is 0 Å². The van der Waals surface area contributed by atoms with Crippen molar-refractivity contribution in [3.8, 4) is 0 Å². The Morgan fingerprint density at radius 2 is 1.95 bits per heavy atom. The fourth-order valence-corrected chi connectivity index (χ4v) is 6.18. The van der Waals surface area contributed by atoms with E-state index in [4.69, 9.17) is 0 Å². The van der Waals surface area contributed by atoms with Crippen LogP contribution in [0, 0.1) is 23.2 Å². The van der Waals surface area contributed by atoms with Gasteiger partial charge in [-0.15, -0.1) is 0 Å². The van der Waals surface area contributed by atoms with Gasteiger partial charge in [0.25, 0.3) is 0 Å². The van der Waals surface area contributed by atoms with E-state index in [1.807, 2.05) is 0 Å². The number of fused-ring (bicyclic) bond motifs is 5. The second-order valence-electron chi connectivity index (χ2n) is 8.06. The third-order valence-corrected chi connectivity index (χ3v) is 7.22. The highest BCUT2D eigenvalue weighted by Crippen LogP contribution is 2.62. The van der Waals surface area contributed by atoms with Gasteiger partial charge in [0.2, 0.25) is 0 Å². The molecule has 0 heterocycles. The molecule has 4 aliphatic rings. The molecular weight excluding hydrogens is 248 g/mol. The van der Waals surface area contributed by atoms with Crippen molar-refractivity contribution >= 4 is 5.78 Å². The highest BCUT2D eigenvalue weighted by atomic mass is 16.3. The topological polar surface area (TPSA) is 37.3 Å². The second-order valence-corrected chi connectivity index (χ2v) is 8.06. The Morgan fingerprint density at radius 1 is 1.10 bits per heavy atom. The van der Waals surface area contributed by atoms with Crippen LogP contribution in [-0.4, -0.2) is 16.5 Å². The molecule has 2 heteroatoms. The molecular formula is C18H26O2. The van der Waals surface area contributed by atoms with Crippen molar-refractivity contribution in [2.45, 2.75) is 70.3 Å². The highest BCUT2D eigenvalue weighted by molar-refractivity contribution is 5.92. The molecule has 0 bridgehead atoms. The number of hydrogen-bond acceptors (Lipinski definition) is 2. The number of carbonyl (C=O) groups excluding carboxylic acids is 1. The van der Waals surface area contributed by atoms with Gasteiger partial charge in [-0.3, -0.25) is 4.79 Å². The average Bonchev–Trinajstić information content (AvgIpc) is 2.81. The number of ketones is 1. The van der Waals surface area contributed by atoms with E-state index in [1.54, 1.807) is 6.08 Å². The maximum absolute atomic E-state index is 11.7. The molecule has 0 amide bonds. The summed E-state index contributed by atoms with van der Waals surface area (Å²) in [4.78, 5) is 11.7. The summed E-state index contributed by atoms with van der Waals surface area (Å²) in [7, 11) is 0. The van der Waals surface area contributed by atoms with Gasteiger partial charge in [-0.2, -0.15) is 0 Å². The van der Waals surface area contributed by atoms with Gasteiger partial charge >= 0.3 is 0 Å². The van der Waals surface area contributed by atoms with Crippen LogP contribution in [0.15, 0.2) is 11.6 Å². The smallest absolute Gasteiger partial charge is 0.155 e. The van der Waals surface area contributed by atoms with Gasteiger partial charge in [0.1, 0.15) is 0 Å². The predicted molar refractivity (Wildman–Crippen MR) is 78.2 cm³/mol. The molecule has 4 aliphatic carbocycles. The molecule has 1 unspecified atom stereocenters. The molecule has 0 aromatic heterocycles. The number of hydrogen-bond donors (Lipinski definition) is 1. The zero-order valence-electron chi connectivity index (χ0n) is 12.5. The first-order valence-corrected chi connectivity index (χ1v) is 8.49. The molecule has 3 fully saturated rings. The van der Waals surface area contributed by atoms with Gasteiger partial charge in [0.15, 0.2) is 5.78 Å². The van der Waals surface area contributed by atoms with Crippen LogP contribution in [0.2, 0.25) is 0 Å². The Balaban J connectivity index is 1.69. The van der Waals surface area contributed by atoms with Crippen molar-refractivity contribution in [3.05, 3.63) is 11.6 Å². The van der Waals surface area contributed by atoms with Crippen molar-refractivity contribution in [3.63, 3.8) is 0 Å². The Bertz CT molecular complexity index is 480. The van der Waals surface area contributed by atoms with Gasteiger partial charge in [0.05, 0.1) is 5.60 Å². The minimum atomic E-state index is -0.638. The third-order valence-electron chi connectivity index (χ3n) is 7.22. The lowest BCUT2D eigenvalue weighted by molar-refractivity contribution is -0.124. The van der Waals surface area contributed by atoms with Crippen LogP contribution in [0.4, 0.5) is 0 Å². The highest BCUT2D eigenvalue weighted by Gasteiger charge is 2.57. The van der Waals surface area contributed by atoms with Crippen LogP contribution in [0.1, 0.15) is 64.7 Å². The van der Waals surface area contributed by atoms with Crippen molar-refractivity contribution in [2.24, 2.45) is 23.2 Å². The van der Waals surface area contributed by atoms with E-state index in [9.17, 15) is 9.90 Å². The minimum absolute atomic E-state index is 0.227. The number of rotatable bonds is 0. The van der Waals surface area contributed by atoms with Crippen molar-refractivity contribution in [2.75, 3.05) is 0 Å². The van der Waals surface area contributed by atoms with E-state index in [2.05, 4.69) is 6.92 Å². The molecule has 0 aliphatic heterocycles. The fraction of sp³-hybridized carbons (Fsp3) is 0.833. The van der Waals surface area contributed by atoms with Crippen molar-refractivity contribution < 1.29 is 9.90 Å². The molecule has 2 nitrogen and oxygen atoms in total. The lowest BCUT2D eigenvalue weighted by atomic mass is 9.51. The maximum Gasteiger partial charge on any atom is 0.155 e. The van der Waals surface area contributed by atoms with E-state index in [0.29, 0.717) is 30.1 Å². The molecule has 110 valence electrons. The van der Waals surface area contributed by atoms with Gasteiger partial charge in [-0.1, -0.05) is 13.3 Å². The van der Waals surface area contributed by atoms with E-state index >= 15 is 0 Å². The molecule has 4 rings (SSSR count). The average molecular weight is 274 g/mol. The van der Waals surface area contributed by atoms with Crippen LogP contribution in [0.25, 0.3) is 0 Å². The maximum atomic E-state index is 11.7. The number of carbonyl (C=O) groups is 1. The molecule has 0 aromatic carbocycles. The summed E-state index contributed by atoms with van der Waals surface area (Å²) in [5, 5.41) is 11.3. The zero-order chi connectivity index (χ0) is 14.0. The van der Waals surface area contributed by atoms with Gasteiger partial charge in [-0.25, -0.2) is 0 Å². The summed E-state index contributed by atoms with van der Waals surface area (Å²) >= 11 is 0. The lowest BCUT2D eigenvalue weighted by Gasteiger charge is -2.56. The van der Waals surface area contributed by atoms with E-state index < -0.39 is 5.60 Å². The Hall–Kier alpha value is -0.630. The van der Waals surface area contributed by atoms with Gasteiger partial charge in [-0.05, 0) is 79.8 Å². The summed E-state index contributed by atoms with van der Waals surface area (Å²) in [6.45, 7) is 2.49.